The van der Waals surface area contributed by atoms with E-state index < -0.39 is 0 Å². The van der Waals surface area contributed by atoms with Crippen LogP contribution in [0.5, 0.6) is 0 Å². The number of hydrogen-bond donors (Lipinski definition) is 1. The van der Waals surface area contributed by atoms with Gasteiger partial charge in [0.05, 0.1) is 0 Å². The molecule has 0 heterocycles. The molecule has 0 spiro atoms. The number of carbonyl (C=O) groups is 1. The first-order valence-corrected chi connectivity index (χ1v) is 7.85. The van der Waals surface area contributed by atoms with E-state index in [1.807, 2.05) is 48.5 Å². The number of nitrogens with one attached hydrogen (secondary N) is 1. The van der Waals surface area contributed by atoms with Crippen molar-refractivity contribution in [1.82, 2.24) is 0 Å². The highest BCUT2D eigenvalue weighted by molar-refractivity contribution is 9.10. The average molecular weight is 347 g/mol. The molecule has 0 saturated heterocycles. The van der Waals surface area contributed by atoms with Crippen LogP contribution in [-0.4, -0.2) is 19.0 Å². The second-order valence-corrected chi connectivity index (χ2v) is 5.60. The highest BCUT2D eigenvalue weighted by Crippen LogP contribution is 2.18. The molecule has 0 aromatic heterocycles. The molecular weight excluding hydrogens is 328 g/mol. The number of amides is 1. The first kappa shape index (κ1) is 15.6. The van der Waals surface area contributed by atoms with E-state index in [9.17, 15) is 4.79 Å². The first-order chi connectivity index (χ1) is 10.1. The third-order valence-corrected chi connectivity index (χ3v) is 3.83. The lowest BCUT2D eigenvalue weighted by Gasteiger charge is -2.21. The highest BCUT2D eigenvalue weighted by atomic mass is 79.9. The maximum absolute atomic E-state index is 12.2. The molecular formula is C17H19BrN2O. The van der Waals surface area contributed by atoms with Crippen LogP contribution in [0.2, 0.25) is 0 Å². The summed E-state index contributed by atoms with van der Waals surface area (Å²) in [5.41, 5.74) is 2.58. The Morgan fingerprint density at radius 2 is 1.76 bits per heavy atom. The Labute approximate surface area is 134 Å². The van der Waals surface area contributed by atoms with Crippen LogP contribution in [0, 0.1) is 0 Å². The Morgan fingerprint density at radius 1 is 1.10 bits per heavy atom. The Bertz CT molecular complexity index is 606. The summed E-state index contributed by atoms with van der Waals surface area (Å²) in [4.78, 5) is 14.5. The van der Waals surface area contributed by atoms with Gasteiger partial charge in [-0.1, -0.05) is 22.0 Å². The molecule has 4 heteroatoms. The maximum Gasteiger partial charge on any atom is 0.255 e. The molecule has 110 valence electrons. The number of rotatable bonds is 5. The predicted molar refractivity (Wildman–Crippen MR) is 92.1 cm³/mol. The van der Waals surface area contributed by atoms with Crippen LogP contribution in [0.1, 0.15) is 24.2 Å². The van der Waals surface area contributed by atoms with Crippen LogP contribution in [0.25, 0.3) is 0 Å². The standard InChI is InChI=1S/C17H19BrN2O/c1-3-20(4-2)16-10-8-13(9-11-16)17(21)19-15-7-5-6-14(18)12-15/h5-12H,3-4H2,1-2H3,(H,19,21). The van der Waals surface area contributed by atoms with Crippen LogP contribution >= 0.6 is 15.9 Å². The van der Waals surface area contributed by atoms with Gasteiger partial charge in [0.2, 0.25) is 0 Å². The molecule has 1 amide bonds. The van der Waals surface area contributed by atoms with E-state index in [0.29, 0.717) is 5.56 Å². The third kappa shape index (κ3) is 4.08. The lowest BCUT2D eigenvalue weighted by Crippen LogP contribution is -2.21. The second-order valence-electron chi connectivity index (χ2n) is 4.68. The summed E-state index contributed by atoms with van der Waals surface area (Å²) in [6.45, 7) is 6.16. The summed E-state index contributed by atoms with van der Waals surface area (Å²) >= 11 is 3.39. The van der Waals surface area contributed by atoms with Crippen LogP contribution in [0.3, 0.4) is 0 Å². The van der Waals surface area contributed by atoms with Gasteiger partial charge in [0.1, 0.15) is 0 Å². The Morgan fingerprint density at radius 3 is 2.33 bits per heavy atom. The van der Waals surface area contributed by atoms with E-state index in [4.69, 9.17) is 0 Å². The average Bonchev–Trinajstić information content (AvgIpc) is 2.49. The molecule has 2 aromatic carbocycles. The summed E-state index contributed by atoms with van der Waals surface area (Å²) in [6.07, 6.45) is 0. The maximum atomic E-state index is 12.2. The minimum Gasteiger partial charge on any atom is -0.372 e. The van der Waals surface area contributed by atoms with Gasteiger partial charge in [-0.05, 0) is 56.3 Å². The molecule has 0 atom stereocenters. The SMILES string of the molecule is CCN(CC)c1ccc(C(=O)Nc2cccc(Br)c2)cc1. The van der Waals surface area contributed by atoms with Crippen molar-refractivity contribution in [2.24, 2.45) is 0 Å². The minimum absolute atomic E-state index is 0.0980. The van der Waals surface area contributed by atoms with Crippen LogP contribution in [0.15, 0.2) is 53.0 Å². The Balaban J connectivity index is 2.09. The molecule has 0 aliphatic rings. The second kappa shape index (κ2) is 7.27. The molecule has 0 aliphatic carbocycles. The number of anilines is 2. The number of nitrogens with zero attached hydrogens (tertiary/aromatic N) is 1. The summed E-state index contributed by atoms with van der Waals surface area (Å²) < 4.78 is 0.942. The van der Waals surface area contributed by atoms with E-state index >= 15 is 0 Å². The number of carbonyl (C=O) groups excluding carboxylic acids is 1. The summed E-state index contributed by atoms with van der Waals surface area (Å²) in [7, 11) is 0. The normalized spacial score (nSPS) is 10.2. The van der Waals surface area contributed by atoms with Gasteiger partial charge in [-0.2, -0.15) is 0 Å². The molecule has 21 heavy (non-hydrogen) atoms. The molecule has 3 nitrogen and oxygen atoms in total. The van der Waals surface area contributed by atoms with Gasteiger partial charge in [0.25, 0.3) is 5.91 Å². The molecule has 0 unspecified atom stereocenters. The zero-order valence-electron chi connectivity index (χ0n) is 12.3. The quantitative estimate of drug-likeness (QED) is 0.861. The highest BCUT2D eigenvalue weighted by Gasteiger charge is 2.07. The zero-order valence-corrected chi connectivity index (χ0v) is 13.9. The smallest absolute Gasteiger partial charge is 0.255 e. The predicted octanol–water partition coefficient (Wildman–Crippen LogP) is 4.55. The third-order valence-electron chi connectivity index (χ3n) is 3.34. The first-order valence-electron chi connectivity index (χ1n) is 7.06. The largest absolute Gasteiger partial charge is 0.372 e. The summed E-state index contributed by atoms with van der Waals surface area (Å²) in [5.74, 6) is -0.0980. The van der Waals surface area contributed by atoms with E-state index in [1.165, 1.54) is 0 Å². The van der Waals surface area contributed by atoms with Crippen molar-refractivity contribution in [3.63, 3.8) is 0 Å². The topological polar surface area (TPSA) is 32.3 Å². The lowest BCUT2D eigenvalue weighted by atomic mass is 10.1. The molecule has 0 saturated carbocycles. The lowest BCUT2D eigenvalue weighted by molar-refractivity contribution is 0.102. The summed E-state index contributed by atoms with van der Waals surface area (Å²) in [6, 6.07) is 15.3. The van der Waals surface area contributed by atoms with Crippen molar-refractivity contribution in [2.45, 2.75) is 13.8 Å². The molecule has 0 radical (unpaired) electrons. The molecule has 0 fully saturated rings. The Hall–Kier alpha value is -1.81. The number of halogens is 1. The molecule has 0 bridgehead atoms. The van der Waals surface area contributed by atoms with Gasteiger partial charge < -0.3 is 10.2 Å². The molecule has 0 aliphatic heterocycles. The van der Waals surface area contributed by atoms with Gasteiger partial charge in [0, 0.05) is 34.5 Å². The van der Waals surface area contributed by atoms with Crippen molar-refractivity contribution in [3.05, 3.63) is 58.6 Å². The van der Waals surface area contributed by atoms with Gasteiger partial charge >= 0.3 is 0 Å². The Kier molecular flexibility index (Phi) is 5.39. The van der Waals surface area contributed by atoms with Crippen molar-refractivity contribution in [1.29, 1.82) is 0 Å². The van der Waals surface area contributed by atoms with Gasteiger partial charge in [-0.25, -0.2) is 0 Å². The summed E-state index contributed by atoms with van der Waals surface area (Å²) in [5, 5.41) is 2.89. The van der Waals surface area contributed by atoms with Crippen LogP contribution < -0.4 is 10.2 Å². The zero-order chi connectivity index (χ0) is 15.2. The van der Waals surface area contributed by atoms with Crippen molar-refractivity contribution < 1.29 is 4.79 Å². The minimum atomic E-state index is -0.0980. The van der Waals surface area contributed by atoms with Crippen LogP contribution in [-0.2, 0) is 0 Å². The molecule has 2 aromatic rings. The number of hydrogen-bond acceptors (Lipinski definition) is 2. The van der Waals surface area contributed by atoms with Crippen LogP contribution in [0.4, 0.5) is 11.4 Å². The van der Waals surface area contributed by atoms with Crippen molar-refractivity contribution in [3.8, 4) is 0 Å². The monoisotopic (exact) mass is 346 g/mol. The molecule has 1 N–H and O–H groups in total. The van der Waals surface area contributed by atoms with Gasteiger partial charge in [0.15, 0.2) is 0 Å². The fraction of sp³-hybridized carbons (Fsp3) is 0.235. The van der Waals surface area contributed by atoms with Crippen molar-refractivity contribution in [2.75, 3.05) is 23.3 Å². The molecule has 2 rings (SSSR count). The van der Waals surface area contributed by atoms with Crippen molar-refractivity contribution >= 4 is 33.2 Å². The van der Waals surface area contributed by atoms with Gasteiger partial charge in [-0.15, -0.1) is 0 Å². The fourth-order valence-electron chi connectivity index (χ4n) is 2.18. The van der Waals surface area contributed by atoms with E-state index in [-0.39, 0.29) is 5.91 Å². The number of benzene rings is 2. The van der Waals surface area contributed by atoms with E-state index in [0.717, 1.165) is 28.9 Å². The fourth-order valence-corrected chi connectivity index (χ4v) is 2.58. The van der Waals surface area contributed by atoms with E-state index in [2.05, 4.69) is 40.0 Å². The van der Waals surface area contributed by atoms with E-state index in [1.54, 1.807) is 0 Å². The van der Waals surface area contributed by atoms with Gasteiger partial charge in [-0.3, -0.25) is 4.79 Å².